The Morgan fingerprint density at radius 1 is 1.50 bits per heavy atom. The quantitative estimate of drug-likeness (QED) is 0.694. The van der Waals surface area contributed by atoms with Crippen molar-refractivity contribution in [3.05, 3.63) is 18.5 Å². The fourth-order valence-electron chi connectivity index (χ4n) is 1.27. The van der Waals surface area contributed by atoms with Crippen molar-refractivity contribution in [2.75, 3.05) is 17.6 Å². The molecule has 0 radical (unpaired) electrons. The summed E-state index contributed by atoms with van der Waals surface area (Å²) in [6.45, 7) is 4.45. The number of rotatable bonds is 5. The summed E-state index contributed by atoms with van der Waals surface area (Å²) in [5.74, 6) is 0.0411. The normalized spacial score (nSPS) is 10.2. The van der Waals surface area contributed by atoms with Crippen LogP contribution in [-0.2, 0) is 4.79 Å². The topological polar surface area (TPSA) is 80.0 Å². The lowest BCUT2D eigenvalue weighted by atomic mass is 10.3. The molecule has 0 bridgehead atoms. The highest BCUT2D eigenvalue weighted by molar-refractivity contribution is 5.76. The van der Waals surface area contributed by atoms with E-state index in [1.807, 2.05) is 13.8 Å². The van der Waals surface area contributed by atoms with Gasteiger partial charge in [0.25, 0.3) is 0 Å². The smallest absolute Gasteiger partial charge is 0.221 e. The molecular formula is C11H18N4O. The molecule has 0 fully saturated rings. The molecule has 0 aliphatic carbocycles. The highest BCUT2D eigenvalue weighted by atomic mass is 16.1. The third-order valence-electron chi connectivity index (χ3n) is 1.89. The van der Waals surface area contributed by atoms with Crippen LogP contribution in [0.1, 0.15) is 20.3 Å². The molecule has 0 saturated carbocycles. The summed E-state index contributed by atoms with van der Waals surface area (Å²) < 4.78 is 0. The van der Waals surface area contributed by atoms with Gasteiger partial charge < -0.3 is 16.4 Å². The maximum absolute atomic E-state index is 11.3. The SMILES string of the molecule is CC(C)NC(=O)CCNc1cncc(N)c1. The Bertz CT molecular complexity index is 352. The standard InChI is InChI=1S/C11H18N4O/c1-8(2)15-11(16)3-4-14-10-5-9(12)6-13-7-10/h5-8,14H,3-4,12H2,1-2H3,(H,15,16). The zero-order valence-electron chi connectivity index (χ0n) is 9.66. The number of hydrogen-bond donors (Lipinski definition) is 3. The number of amides is 1. The molecule has 0 atom stereocenters. The zero-order valence-corrected chi connectivity index (χ0v) is 9.66. The van der Waals surface area contributed by atoms with Crippen LogP contribution < -0.4 is 16.4 Å². The largest absolute Gasteiger partial charge is 0.397 e. The number of pyridine rings is 1. The van der Waals surface area contributed by atoms with Crippen LogP contribution in [0.2, 0.25) is 0 Å². The number of carbonyl (C=O) groups excluding carboxylic acids is 1. The second-order valence-corrected chi connectivity index (χ2v) is 3.91. The Kier molecular flexibility index (Phi) is 4.57. The maximum Gasteiger partial charge on any atom is 0.221 e. The van der Waals surface area contributed by atoms with Gasteiger partial charge in [0.1, 0.15) is 0 Å². The highest BCUT2D eigenvalue weighted by Gasteiger charge is 2.02. The van der Waals surface area contributed by atoms with Gasteiger partial charge in [0.2, 0.25) is 5.91 Å². The van der Waals surface area contributed by atoms with E-state index in [1.54, 1.807) is 18.5 Å². The molecule has 0 aliphatic rings. The van der Waals surface area contributed by atoms with E-state index in [1.165, 1.54) is 0 Å². The highest BCUT2D eigenvalue weighted by Crippen LogP contribution is 2.08. The lowest BCUT2D eigenvalue weighted by Crippen LogP contribution is -2.31. The van der Waals surface area contributed by atoms with Crippen LogP contribution in [0.5, 0.6) is 0 Å². The van der Waals surface area contributed by atoms with Gasteiger partial charge in [-0.2, -0.15) is 0 Å². The van der Waals surface area contributed by atoms with Crippen LogP contribution in [0, 0.1) is 0 Å². The number of nitrogen functional groups attached to an aromatic ring is 1. The third kappa shape index (κ3) is 4.63. The molecule has 1 rings (SSSR count). The van der Waals surface area contributed by atoms with Gasteiger partial charge in [-0.1, -0.05) is 0 Å². The van der Waals surface area contributed by atoms with Crippen LogP contribution in [-0.4, -0.2) is 23.5 Å². The second kappa shape index (κ2) is 5.95. The van der Waals surface area contributed by atoms with Crippen molar-refractivity contribution in [2.45, 2.75) is 26.3 Å². The summed E-state index contributed by atoms with van der Waals surface area (Å²) in [6.07, 6.45) is 3.69. The van der Waals surface area contributed by atoms with Gasteiger partial charge in [-0.3, -0.25) is 9.78 Å². The summed E-state index contributed by atoms with van der Waals surface area (Å²) in [5, 5.41) is 5.91. The van der Waals surface area contributed by atoms with Crippen molar-refractivity contribution in [1.29, 1.82) is 0 Å². The number of nitrogens with two attached hydrogens (primary N) is 1. The van der Waals surface area contributed by atoms with Crippen LogP contribution in [0.15, 0.2) is 18.5 Å². The van der Waals surface area contributed by atoms with Crippen molar-refractivity contribution < 1.29 is 4.79 Å². The first-order valence-electron chi connectivity index (χ1n) is 5.31. The van der Waals surface area contributed by atoms with Crippen LogP contribution >= 0.6 is 0 Å². The maximum atomic E-state index is 11.3. The first kappa shape index (κ1) is 12.3. The average Bonchev–Trinajstić information content (AvgIpc) is 2.16. The molecule has 5 heteroatoms. The number of nitrogens with zero attached hydrogens (tertiary/aromatic N) is 1. The average molecular weight is 222 g/mol. The molecule has 16 heavy (non-hydrogen) atoms. The van der Waals surface area contributed by atoms with Crippen LogP contribution in [0.3, 0.4) is 0 Å². The Balaban J connectivity index is 2.28. The minimum atomic E-state index is 0.0411. The van der Waals surface area contributed by atoms with Gasteiger partial charge in [0.15, 0.2) is 0 Å². The zero-order chi connectivity index (χ0) is 12.0. The first-order chi connectivity index (χ1) is 7.58. The number of aromatic nitrogens is 1. The van der Waals surface area contributed by atoms with Gasteiger partial charge in [-0.15, -0.1) is 0 Å². The van der Waals surface area contributed by atoms with Gasteiger partial charge in [0.05, 0.1) is 17.6 Å². The lowest BCUT2D eigenvalue weighted by Gasteiger charge is -2.09. The van der Waals surface area contributed by atoms with E-state index in [0.29, 0.717) is 18.7 Å². The van der Waals surface area contributed by atoms with Crippen molar-refractivity contribution in [3.63, 3.8) is 0 Å². The molecule has 0 aromatic carbocycles. The number of carbonyl (C=O) groups is 1. The van der Waals surface area contributed by atoms with Crippen molar-refractivity contribution in [1.82, 2.24) is 10.3 Å². The predicted octanol–water partition coefficient (Wildman–Crippen LogP) is 0.990. The van der Waals surface area contributed by atoms with E-state index in [-0.39, 0.29) is 11.9 Å². The van der Waals surface area contributed by atoms with Crippen molar-refractivity contribution in [2.24, 2.45) is 0 Å². The van der Waals surface area contributed by atoms with Gasteiger partial charge >= 0.3 is 0 Å². The molecule has 0 unspecified atom stereocenters. The van der Waals surface area contributed by atoms with Gasteiger partial charge in [-0.05, 0) is 19.9 Å². The summed E-state index contributed by atoms with van der Waals surface area (Å²) in [5.41, 5.74) is 7.01. The second-order valence-electron chi connectivity index (χ2n) is 3.91. The van der Waals surface area contributed by atoms with E-state index < -0.39 is 0 Å². The van der Waals surface area contributed by atoms with Crippen molar-refractivity contribution >= 4 is 17.3 Å². The van der Waals surface area contributed by atoms with E-state index in [0.717, 1.165) is 5.69 Å². The van der Waals surface area contributed by atoms with Gasteiger partial charge in [0, 0.05) is 25.2 Å². The predicted molar refractivity (Wildman–Crippen MR) is 65.0 cm³/mol. The fraction of sp³-hybridized carbons (Fsp3) is 0.455. The monoisotopic (exact) mass is 222 g/mol. The molecule has 0 aliphatic heterocycles. The van der Waals surface area contributed by atoms with Gasteiger partial charge in [-0.25, -0.2) is 0 Å². The van der Waals surface area contributed by atoms with Crippen molar-refractivity contribution in [3.8, 4) is 0 Å². The first-order valence-corrected chi connectivity index (χ1v) is 5.31. The van der Waals surface area contributed by atoms with Crippen LogP contribution in [0.25, 0.3) is 0 Å². The Labute approximate surface area is 95.4 Å². The molecule has 0 saturated heterocycles. The summed E-state index contributed by atoms with van der Waals surface area (Å²) in [7, 11) is 0. The lowest BCUT2D eigenvalue weighted by molar-refractivity contribution is -0.121. The third-order valence-corrected chi connectivity index (χ3v) is 1.89. The molecule has 5 nitrogen and oxygen atoms in total. The molecule has 4 N–H and O–H groups in total. The molecule has 1 amide bonds. The Morgan fingerprint density at radius 3 is 2.88 bits per heavy atom. The number of hydrogen-bond acceptors (Lipinski definition) is 4. The number of anilines is 2. The molecular weight excluding hydrogens is 204 g/mol. The summed E-state index contributed by atoms with van der Waals surface area (Å²) in [6, 6.07) is 1.97. The summed E-state index contributed by atoms with van der Waals surface area (Å²) in [4.78, 5) is 15.3. The molecule has 0 spiro atoms. The molecule has 1 aromatic heterocycles. The molecule has 88 valence electrons. The van der Waals surface area contributed by atoms with E-state index in [2.05, 4.69) is 15.6 Å². The Morgan fingerprint density at radius 2 is 2.25 bits per heavy atom. The minimum absolute atomic E-state index is 0.0411. The summed E-state index contributed by atoms with van der Waals surface area (Å²) >= 11 is 0. The fourth-order valence-corrected chi connectivity index (χ4v) is 1.27. The van der Waals surface area contributed by atoms with E-state index >= 15 is 0 Å². The molecule has 1 heterocycles. The van der Waals surface area contributed by atoms with E-state index in [4.69, 9.17) is 5.73 Å². The number of nitrogens with one attached hydrogen (secondary N) is 2. The van der Waals surface area contributed by atoms with E-state index in [9.17, 15) is 4.79 Å². The minimum Gasteiger partial charge on any atom is -0.397 e. The molecule has 1 aromatic rings. The van der Waals surface area contributed by atoms with Crippen LogP contribution in [0.4, 0.5) is 11.4 Å². The Hall–Kier alpha value is -1.78.